The average Bonchev–Trinajstić information content (AvgIpc) is 2.64. The van der Waals surface area contributed by atoms with Gasteiger partial charge in [-0.1, -0.05) is 36.4 Å². The molecule has 2 aromatic heterocycles. The van der Waals surface area contributed by atoms with Gasteiger partial charge in [0.2, 0.25) is 0 Å². The zero-order chi connectivity index (χ0) is 16.4. The second-order valence-electron chi connectivity index (χ2n) is 5.16. The molecule has 24 heavy (non-hydrogen) atoms. The van der Waals surface area contributed by atoms with Crippen LogP contribution in [-0.2, 0) is 0 Å². The van der Waals surface area contributed by atoms with Crippen molar-refractivity contribution in [2.45, 2.75) is 10.2 Å². The van der Waals surface area contributed by atoms with E-state index in [0.29, 0.717) is 16.1 Å². The molecular weight excluding hydrogens is 318 g/mol. The first-order chi connectivity index (χ1) is 11.8. The third kappa shape index (κ3) is 2.70. The Balaban J connectivity index is 1.98. The Hall–Kier alpha value is -2.92. The molecule has 4 rings (SSSR count). The Kier molecular flexibility index (Phi) is 3.84. The maximum Gasteiger partial charge on any atom is 0.266 e. The van der Waals surface area contributed by atoms with Gasteiger partial charge in [-0.15, -0.1) is 0 Å². The monoisotopic (exact) mass is 331 g/mol. The van der Waals surface area contributed by atoms with Crippen molar-refractivity contribution in [3.8, 4) is 5.69 Å². The van der Waals surface area contributed by atoms with Crippen molar-refractivity contribution >= 4 is 22.7 Å². The van der Waals surface area contributed by atoms with Crippen molar-refractivity contribution in [3.05, 3.63) is 89.3 Å². The van der Waals surface area contributed by atoms with Gasteiger partial charge in [0, 0.05) is 6.20 Å². The summed E-state index contributed by atoms with van der Waals surface area (Å²) >= 11 is 1.38. The first-order valence-electron chi connectivity index (χ1n) is 7.49. The molecule has 2 aromatic carbocycles. The Labute approximate surface area is 142 Å². The van der Waals surface area contributed by atoms with Gasteiger partial charge >= 0.3 is 0 Å². The van der Waals surface area contributed by atoms with Crippen LogP contribution in [-0.4, -0.2) is 14.5 Å². The summed E-state index contributed by atoms with van der Waals surface area (Å²) in [7, 11) is 0. The first-order valence-corrected chi connectivity index (χ1v) is 8.31. The third-order valence-electron chi connectivity index (χ3n) is 3.59. The molecule has 0 aliphatic carbocycles. The van der Waals surface area contributed by atoms with E-state index in [4.69, 9.17) is 4.98 Å². The summed E-state index contributed by atoms with van der Waals surface area (Å²) in [4.78, 5) is 22.0. The van der Waals surface area contributed by atoms with E-state index in [2.05, 4.69) is 4.98 Å². The van der Waals surface area contributed by atoms with Crippen molar-refractivity contribution in [1.82, 2.24) is 14.5 Å². The lowest BCUT2D eigenvalue weighted by atomic mass is 10.2. The Morgan fingerprint density at radius 2 is 1.58 bits per heavy atom. The highest BCUT2D eigenvalue weighted by Crippen LogP contribution is 2.26. The molecule has 0 saturated carbocycles. The van der Waals surface area contributed by atoms with Gasteiger partial charge in [0.15, 0.2) is 5.16 Å². The van der Waals surface area contributed by atoms with Crippen molar-refractivity contribution in [3.63, 3.8) is 0 Å². The second-order valence-corrected chi connectivity index (χ2v) is 6.15. The zero-order valence-electron chi connectivity index (χ0n) is 12.7. The van der Waals surface area contributed by atoms with Gasteiger partial charge in [-0.25, -0.2) is 9.97 Å². The number of pyridine rings is 1. The summed E-state index contributed by atoms with van der Waals surface area (Å²) in [5.74, 6) is 0. The van der Waals surface area contributed by atoms with Crippen LogP contribution in [0.2, 0.25) is 0 Å². The average molecular weight is 331 g/mol. The summed E-state index contributed by atoms with van der Waals surface area (Å²) in [5, 5.41) is 2.00. The number of benzene rings is 2. The molecule has 4 aromatic rings. The lowest BCUT2D eigenvalue weighted by molar-refractivity contribution is 0.818. The van der Waals surface area contributed by atoms with E-state index < -0.39 is 0 Å². The molecule has 5 heteroatoms. The lowest BCUT2D eigenvalue weighted by Crippen LogP contribution is -2.21. The molecule has 2 heterocycles. The normalized spacial score (nSPS) is 10.8. The van der Waals surface area contributed by atoms with Crippen LogP contribution in [0.25, 0.3) is 16.6 Å². The maximum absolute atomic E-state index is 13.0. The SMILES string of the molecule is O=c1c2ccccc2nc(Sc2ccccn2)n1-c1ccccc1. The van der Waals surface area contributed by atoms with Crippen LogP contribution in [0.5, 0.6) is 0 Å². The fourth-order valence-electron chi connectivity index (χ4n) is 2.49. The molecular formula is C19H13N3OS. The number of rotatable bonds is 3. The molecule has 0 spiro atoms. The highest BCUT2D eigenvalue weighted by Gasteiger charge is 2.14. The van der Waals surface area contributed by atoms with Crippen LogP contribution < -0.4 is 5.56 Å². The molecule has 0 atom stereocenters. The van der Waals surface area contributed by atoms with E-state index in [9.17, 15) is 4.79 Å². The van der Waals surface area contributed by atoms with Gasteiger partial charge in [-0.3, -0.25) is 9.36 Å². The minimum absolute atomic E-state index is 0.0785. The predicted molar refractivity (Wildman–Crippen MR) is 95.7 cm³/mol. The summed E-state index contributed by atoms with van der Waals surface area (Å²) in [5.41, 5.74) is 1.40. The highest BCUT2D eigenvalue weighted by molar-refractivity contribution is 7.99. The van der Waals surface area contributed by atoms with E-state index >= 15 is 0 Å². The quantitative estimate of drug-likeness (QED) is 0.534. The van der Waals surface area contributed by atoms with Gasteiger partial charge in [-0.05, 0) is 48.2 Å². The van der Waals surface area contributed by atoms with Crippen molar-refractivity contribution in [1.29, 1.82) is 0 Å². The van der Waals surface area contributed by atoms with E-state index in [-0.39, 0.29) is 5.56 Å². The van der Waals surface area contributed by atoms with Gasteiger partial charge in [0.1, 0.15) is 5.03 Å². The van der Waals surface area contributed by atoms with E-state index in [1.807, 2.05) is 66.7 Å². The molecule has 0 saturated heterocycles. The van der Waals surface area contributed by atoms with Crippen LogP contribution in [0.4, 0.5) is 0 Å². The van der Waals surface area contributed by atoms with E-state index in [1.165, 1.54) is 11.8 Å². The molecule has 0 aliphatic rings. The molecule has 116 valence electrons. The molecule has 0 N–H and O–H groups in total. The molecule has 0 amide bonds. The number of hydrogen-bond acceptors (Lipinski definition) is 4. The van der Waals surface area contributed by atoms with E-state index in [1.54, 1.807) is 16.8 Å². The van der Waals surface area contributed by atoms with Crippen LogP contribution in [0.15, 0.2) is 94.0 Å². The summed E-state index contributed by atoms with van der Waals surface area (Å²) in [6.07, 6.45) is 1.73. The van der Waals surface area contributed by atoms with E-state index in [0.717, 1.165) is 10.7 Å². The maximum atomic E-state index is 13.0. The zero-order valence-corrected chi connectivity index (χ0v) is 13.5. The van der Waals surface area contributed by atoms with Crippen molar-refractivity contribution in [2.75, 3.05) is 0 Å². The fourth-order valence-corrected chi connectivity index (χ4v) is 3.36. The number of aromatic nitrogens is 3. The summed E-state index contributed by atoms with van der Waals surface area (Å²) < 4.78 is 1.64. The molecule has 0 aliphatic heterocycles. The Bertz CT molecular complexity index is 1050. The standard InChI is InChI=1S/C19H13N3OS/c23-18-15-10-4-5-11-16(15)21-19(24-17-12-6-7-13-20-17)22(18)14-8-2-1-3-9-14/h1-13H. The summed E-state index contributed by atoms with van der Waals surface area (Å²) in [6.45, 7) is 0. The second kappa shape index (κ2) is 6.29. The van der Waals surface area contributed by atoms with Crippen LogP contribution in [0, 0.1) is 0 Å². The van der Waals surface area contributed by atoms with Gasteiger partial charge < -0.3 is 0 Å². The Morgan fingerprint density at radius 1 is 0.833 bits per heavy atom. The lowest BCUT2D eigenvalue weighted by Gasteiger charge is -2.12. The third-order valence-corrected chi connectivity index (χ3v) is 4.50. The van der Waals surface area contributed by atoms with Crippen LogP contribution in [0.1, 0.15) is 0 Å². The van der Waals surface area contributed by atoms with Gasteiger partial charge in [0.25, 0.3) is 5.56 Å². The first kappa shape index (κ1) is 14.7. The molecule has 0 bridgehead atoms. The molecule has 0 fully saturated rings. The largest absolute Gasteiger partial charge is 0.268 e. The highest BCUT2D eigenvalue weighted by atomic mass is 32.2. The molecule has 0 unspecified atom stereocenters. The Morgan fingerprint density at radius 3 is 2.38 bits per heavy atom. The molecule has 0 radical (unpaired) electrons. The van der Waals surface area contributed by atoms with Gasteiger partial charge in [-0.2, -0.15) is 0 Å². The minimum atomic E-state index is -0.0785. The number of hydrogen-bond donors (Lipinski definition) is 0. The van der Waals surface area contributed by atoms with Gasteiger partial charge in [0.05, 0.1) is 16.6 Å². The number of para-hydroxylation sites is 2. The smallest absolute Gasteiger partial charge is 0.266 e. The van der Waals surface area contributed by atoms with Crippen molar-refractivity contribution < 1.29 is 0 Å². The number of nitrogens with zero attached hydrogens (tertiary/aromatic N) is 3. The topological polar surface area (TPSA) is 47.8 Å². The predicted octanol–water partition coefficient (Wildman–Crippen LogP) is 3.93. The molecule has 4 nitrogen and oxygen atoms in total. The minimum Gasteiger partial charge on any atom is -0.268 e. The van der Waals surface area contributed by atoms with Crippen LogP contribution >= 0.6 is 11.8 Å². The summed E-state index contributed by atoms with van der Waals surface area (Å²) in [6, 6.07) is 22.6. The fraction of sp³-hybridized carbons (Fsp3) is 0. The van der Waals surface area contributed by atoms with Crippen LogP contribution in [0.3, 0.4) is 0 Å². The number of fused-ring (bicyclic) bond motifs is 1. The van der Waals surface area contributed by atoms with Crippen molar-refractivity contribution in [2.24, 2.45) is 0 Å².